The molecule has 0 saturated carbocycles. The van der Waals surface area contributed by atoms with Gasteiger partial charge in [0.25, 0.3) is 0 Å². The summed E-state index contributed by atoms with van der Waals surface area (Å²) >= 11 is 0. The van der Waals surface area contributed by atoms with E-state index in [9.17, 15) is 0 Å². The molecule has 0 radical (unpaired) electrons. The molecule has 0 amide bonds. The molecule has 0 spiro atoms. The predicted octanol–water partition coefficient (Wildman–Crippen LogP) is 0.705. The molecule has 3 nitrogen and oxygen atoms in total. The first-order valence-corrected chi connectivity index (χ1v) is 5.07. The van der Waals surface area contributed by atoms with Crippen LogP contribution in [0.4, 0.5) is 0 Å². The summed E-state index contributed by atoms with van der Waals surface area (Å²) in [4.78, 5) is 2.46. The van der Waals surface area contributed by atoms with Gasteiger partial charge in [0.2, 0.25) is 0 Å². The van der Waals surface area contributed by atoms with Crippen LogP contribution in [0.5, 0.6) is 0 Å². The summed E-state index contributed by atoms with van der Waals surface area (Å²) < 4.78 is 5.65. The van der Waals surface area contributed by atoms with Crippen molar-refractivity contribution < 1.29 is 4.74 Å². The molecule has 1 aliphatic heterocycles. The van der Waals surface area contributed by atoms with Gasteiger partial charge in [0.05, 0.1) is 12.2 Å². The Morgan fingerprint density at radius 2 is 2.23 bits per heavy atom. The maximum absolute atomic E-state index is 5.65. The molecule has 78 valence electrons. The van der Waals surface area contributed by atoms with Gasteiger partial charge in [0, 0.05) is 25.7 Å². The fourth-order valence-electron chi connectivity index (χ4n) is 1.75. The van der Waals surface area contributed by atoms with Gasteiger partial charge in [-0.2, -0.15) is 0 Å². The van der Waals surface area contributed by atoms with E-state index < -0.39 is 0 Å². The van der Waals surface area contributed by atoms with Crippen molar-refractivity contribution in [2.45, 2.75) is 32.4 Å². The summed E-state index contributed by atoms with van der Waals surface area (Å²) in [6, 6.07) is 0.564. The van der Waals surface area contributed by atoms with Crippen LogP contribution in [0.1, 0.15) is 20.8 Å². The van der Waals surface area contributed by atoms with Gasteiger partial charge in [-0.05, 0) is 27.8 Å². The number of hydrogen-bond donors (Lipinski definition) is 1. The number of morpholine rings is 1. The molecule has 1 aliphatic rings. The van der Waals surface area contributed by atoms with Gasteiger partial charge in [0.1, 0.15) is 0 Å². The SMILES string of the molecule is CN[C@@H](C)CN1CCOC(C)(C)C1. The topological polar surface area (TPSA) is 24.5 Å². The van der Waals surface area contributed by atoms with Gasteiger partial charge < -0.3 is 10.1 Å². The Labute approximate surface area is 81.4 Å². The first-order valence-electron chi connectivity index (χ1n) is 5.07. The van der Waals surface area contributed by atoms with Gasteiger partial charge in [-0.1, -0.05) is 0 Å². The van der Waals surface area contributed by atoms with Crippen molar-refractivity contribution in [3.8, 4) is 0 Å². The molecular formula is C10H22N2O. The smallest absolute Gasteiger partial charge is 0.0753 e. The monoisotopic (exact) mass is 186 g/mol. The molecule has 1 atom stereocenters. The van der Waals surface area contributed by atoms with Crippen molar-refractivity contribution in [1.82, 2.24) is 10.2 Å². The lowest BCUT2D eigenvalue weighted by Gasteiger charge is -2.39. The molecule has 0 bridgehead atoms. The summed E-state index contributed by atoms with van der Waals surface area (Å²) in [5.41, 5.74) is 0.0334. The van der Waals surface area contributed by atoms with Crippen LogP contribution in [0.3, 0.4) is 0 Å². The third kappa shape index (κ3) is 3.63. The van der Waals surface area contributed by atoms with Crippen LogP contribution < -0.4 is 5.32 Å². The van der Waals surface area contributed by atoms with Gasteiger partial charge in [0.15, 0.2) is 0 Å². The van der Waals surface area contributed by atoms with E-state index >= 15 is 0 Å². The first-order chi connectivity index (χ1) is 6.03. The summed E-state index contributed by atoms with van der Waals surface area (Å²) in [6.07, 6.45) is 0. The van der Waals surface area contributed by atoms with E-state index in [2.05, 4.69) is 31.0 Å². The van der Waals surface area contributed by atoms with Gasteiger partial charge in [-0.3, -0.25) is 4.90 Å². The molecule has 0 unspecified atom stereocenters. The lowest BCUT2D eigenvalue weighted by atomic mass is 10.1. The zero-order chi connectivity index (χ0) is 9.90. The largest absolute Gasteiger partial charge is 0.373 e. The maximum atomic E-state index is 5.65. The molecule has 1 saturated heterocycles. The Balaban J connectivity index is 2.34. The van der Waals surface area contributed by atoms with Gasteiger partial charge in [-0.25, -0.2) is 0 Å². The fourth-order valence-corrected chi connectivity index (χ4v) is 1.75. The quantitative estimate of drug-likeness (QED) is 0.702. The zero-order valence-corrected chi connectivity index (χ0v) is 9.26. The minimum atomic E-state index is 0.0334. The summed E-state index contributed by atoms with van der Waals surface area (Å²) in [7, 11) is 2.01. The Kier molecular flexibility index (Phi) is 3.71. The third-order valence-electron chi connectivity index (χ3n) is 2.53. The highest BCUT2D eigenvalue weighted by Crippen LogP contribution is 2.16. The normalized spacial score (nSPS) is 25.8. The Hall–Kier alpha value is -0.120. The first kappa shape index (κ1) is 11.0. The number of nitrogens with zero attached hydrogens (tertiary/aromatic N) is 1. The second-order valence-corrected chi connectivity index (χ2v) is 4.53. The van der Waals surface area contributed by atoms with Crippen LogP contribution in [0.25, 0.3) is 0 Å². The molecule has 3 heteroatoms. The standard InChI is InChI=1S/C10H22N2O/c1-9(11-4)7-12-5-6-13-10(2,3)8-12/h9,11H,5-8H2,1-4H3/t9-/m0/s1. The Bertz CT molecular complexity index is 159. The summed E-state index contributed by atoms with van der Waals surface area (Å²) in [5, 5.41) is 3.26. The minimum absolute atomic E-state index is 0.0334. The molecule has 0 aromatic carbocycles. The Morgan fingerprint density at radius 3 is 2.77 bits per heavy atom. The minimum Gasteiger partial charge on any atom is -0.373 e. The molecule has 1 fully saturated rings. The van der Waals surface area contributed by atoms with Crippen molar-refractivity contribution in [2.75, 3.05) is 33.3 Å². The molecule has 1 heterocycles. The van der Waals surface area contributed by atoms with Crippen molar-refractivity contribution in [3.05, 3.63) is 0 Å². The predicted molar refractivity (Wildman–Crippen MR) is 55.0 cm³/mol. The van der Waals surface area contributed by atoms with Gasteiger partial charge in [-0.15, -0.1) is 0 Å². The zero-order valence-electron chi connectivity index (χ0n) is 9.26. The summed E-state index contributed by atoms with van der Waals surface area (Å²) in [6.45, 7) is 10.6. The average molecular weight is 186 g/mol. The second-order valence-electron chi connectivity index (χ2n) is 4.53. The highest BCUT2D eigenvalue weighted by atomic mass is 16.5. The second kappa shape index (κ2) is 4.40. The number of likely N-dealkylation sites (N-methyl/N-ethyl adjacent to an activating group) is 1. The van der Waals surface area contributed by atoms with Crippen LogP contribution in [0, 0.1) is 0 Å². The molecule has 13 heavy (non-hydrogen) atoms. The van der Waals surface area contributed by atoms with Crippen LogP contribution in [-0.4, -0.2) is 49.8 Å². The number of nitrogens with one attached hydrogen (secondary N) is 1. The Morgan fingerprint density at radius 1 is 1.54 bits per heavy atom. The highest BCUT2D eigenvalue weighted by Gasteiger charge is 2.27. The van der Waals surface area contributed by atoms with Crippen molar-refractivity contribution in [3.63, 3.8) is 0 Å². The number of rotatable bonds is 3. The van der Waals surface area contributed by atoms with Crippen molar-refractivity contribution >= 4 is 0 Å². The van der Waals surface area contributed by atoms with E-state index in [1.807, 2.05) is 7.05 Å². The number of ether oxygens (including phenoxy) is 1. The molecular weight excluding hydrogens is 164 g/mol. The molecule has 0 aromatic rings. The average Bonchev–Trinajstić information content (AvgIpc) is 2.02. The van der Waals surface area contributed by atoms with E-state index in [1.165, 1.54) is 0 Å². The molecule has 1 N–H and O–H groups in total. The van der Waals surface area contributed by atoms with Gasteiger partial charge >= 0.3 is 0 Å². The van der Waals surface area contributed by atoms with Crippen LogP contribution in [-0.2, 0) is 4.74 Å². The maximum Gasteiger partial charge on any atom is 0.0753 e. The lowest BCUT2D eigenvalue weighted by Crippen LogP contribution is -2.51. The highest BCUT2D eigenvalue weighted by molar-refractivity contribution is 4.80. The number of hydrogen-bond acceptors (Lipinski definition) is 3. The van der Waals surface area contributed by atoms with E-state index in [1.54, 1.807) is 0 Å². The van der Waals surface area contributed by atoms with E-state index in [0.29, 0.717) is 6.04 Å². The molecule has 0 aliphatic carbocycles. The molecule has 0 aromatic heterocycles. The lowest BCUT2D eigenvalue weighted by molar-refractivity contribution is -0.0871. The van der Waals surface area contributed by atoms with E-state index in [0.717, 1.165) is 26.2 Å². The van der Waals surface area contributed by atoms with E-state index in [4.69, 9.17) is 4.74 Å². The summed E-state index contributed by atoms with van der Waals surface area (Å²) in [5.74, 6) is 0. The van der Waals surface area contributed by atoms with Crippen LogP contribution in [0.15, 0.2) is 0 Å². The molecule has 1 rings (SSSR count). The van der Waals surface area contributed by atoms with Crippen molar-refractivity contribution in [2.24, 2.45) is 0 Å². The third-order valence-corrected chi connectivity index (χ3v) is 2.53. The van der Waals surface area contributed by atoms with Crippen LogP contribution in [0.2, 0.25) is 0 Å². The van der Waals surface area contributed by atoms with Crippen LogP contribution >= 0.6 is 0 Å². The van der Waals surface area contributed by atoms with E-state index in [-0.39, 0.29) is 5.60 Å². The fraction of sp³-hybridized carbons (Fsp3) is 1.00. The van der Waals surface area contributed by atoms with Crippen molar-refractivity contribution in [1.29, 1.82) is 0 Å².